The third-order valence-corrected chi connectivity index (χ3v) is 3.09. The lowest BCUT2D eigenvalue weighted by Crippen LogP contribution is -2.12. The van der Waals surface area contributed by atoms with E-state index < -0.39 is 0 Å². The summed E-state index contributed by atoms with van der Waals surface area (Å²) in [6.45, 7) is 6.92. The van der Waals surface area contributed by atoms with Gasteiger partial charge < -0.3 is 9.88 Å². The fraction of sp³-hybridized carbons (Fsp3) is 0.375. The predicted octanol–water partition coefficient (Wildman–Crippen LogP) is 3.16. The Bertz CT molecular complexity index is 570. The zero-order valence-corrected chi connectivity index (χ0v) is 11.2. The van der Waals surface area contributed by atoms with Crippen LogP contribution < -0.4 is 5.32 Å². The molecule has 0 aliphatic rings. The second-order valence-corrected chi connectivity index (χ2v) is 4.32. The molecule has 0 unspecified atom stereocenters. The minimum Gasteiger partial charge on any atom is -0.346 e. The van der Waals surface area contributed by atoms with Crippen LogP contribution in [0.4, 0.5) is 0 Å². The van der Waals surface area contributed by atoms with Crippen molar-refractivity contribution in [3.8, 4) is 11.8 Å². The van der Waals surface area contributed by atoms with Gasteiger partial charge in [0.2, 0.25) is 0 Å². The van der Waals surface area contributed by atoms with Crippen molar-refractivity contribution in [3.63, 3.8) is 0 Å². The van der Waals surface area contributed by atoms with Crippen LogP contribution >= 0.6 is 0 Å². The first-order valence-electron chi connectivity index (χ1n) is 6.54. The van der Waals surface area contributed by atoms with Gasteiger partial charge in [-0.05, 0) is 30.5 Å². The van der Waals surface area contributed by atoms with Crippen molar-refractivity contribution in [3.05, 3.63) is 36.0 Å². The van der Waals surface area contributed by atoms with Crippen molar-refractivity contribution in [1.29, 1.82) is 0 Å². The van der Waals surface area contributed by atoms with Crippen LogP contribution in [0.15, 0.2) is 30.5 Å². The largest absolute Gasteiger partial charge is 0.346 e. The summed E-state index contributed by atoms with van der Waals surface area (Å²) >= 11 is 0. The molecule has 2 heteroatoms. The molecule has 1 N–H and O–H groups in total. The van der Waals surface area contributed by atoms with Gasteiger partial charge in [-0.1, -0.05) is 25.1 Å². The zero-order valence-electron chi connectivity index (χ0n) is 11.2. The molecule has 1 heterocycles. The van der Waals surface area contributed by atoms with Crippen molar-refractivity contribution in [2.45, 2.75) is 33.4 Å². The lowest BCUT2D eigenvalue weighted by molar-refractivity contribution is 0.713. The normalized spacial score (nSPS) is 10.3. The monoisotopic (exact) mass is 240 g/mol. The molecule has 0 spiro atoms. The predicted molar refractivity (Wildman–Crippen MR) is 77.4 cm³/mol. The quantitative estimate of drug-likeness (QED) is 0.794. The van der Waals surface area contributed by atoms with Crippen molar-refractivity contribution >= 4 is 10.9 Å². The van der Waals surface area contributed by atoms with E-state index in [1.807, 2.05) is 6.92 Å². The number of fused-ring (bicyclic) bond motifs is 1. The Labute approximate surface area is 109 Å². The molecule has 1 aromatic heterocycles. The zero-order chi connectivity index (χ0) is 12.8. The summed E-state index contributed by atoms with van der Waals surface area (Å²) in [5.41, 5.74) is 2.71. The first-order valence-corrected chi connectivity index (χ1v) is 6.54. The second-order valence-electron chi connectivity index (χ2n) is 4.32. The van der Waals surface area contributed by atoms with Gasteiger partial charge in [0.25, 0.3) is 0 Å². The van der Waals surface area contributed by atoms with Crippen LogP contribution in [0.2, 0.25) is 0 Å². The number of rotatable bonds is 5. The van der Waals surface area contributed by atoms with Crippen LogP contribution in [-0.2, 0) is 13.1 Å². The maximum Gasteiger partial charge on any atom is 0.0526 e. The van der Waals surface area contributed by atoms with Gasteiger partial charge in [0, 0.05) is 25.7 Å². The maximum atomic E-state index is 3.40. The van der Waals surface area contributed by atoms with Crippen LogP contribution in [-0.4, -0.2) is 11.1 Å². The fourth-order valence-electron chi connectivity index (χ4n) is 2.23. The van der Waals surface area contributed by atoms with Gasteiger partial charge in [0.15, 0.2) is 0 Å². The van der Waals surface area contributed by atoms with Crippen LogP contribution in [0, 0.1) is 11.8 Å². The van der Waals surface area contributed by atoms with Crippen molar-refractivity contribution in [2.24, 2.45) is 0 Å². The van der Waals surface area contributed by atoms with Crippen molar-refractivity contribution < 1.29 is 0 Å². The highest BCUT2D eigenvalue weighted by molar-refractivity contribution is 5.83. The Kier molecular flexibility index (Phi) is 4.44. The Morgan fingerprint density at radius 2 is 2.17 bits per heavy atom. The molecule has 0 aliphatic heterocycles. The SMILES string of the molecule is CC#CCCn1ccc2cccc(CNCC)c21. The fourth-order valence-corrected chi connectivity index (χ4v) is 2.23. The molecule has 0 fully saturated rings. The van der Waals surface area contributed by atoms with Crippen molar-refractivity contribution in [2.75, 3.05) is 6.54 Å². The summed E-state index contributed by atoms with van der Waals surface area (Å²) in [4.78, 5) is 0. The van der Waals surface area contributed by atoms with Crippen molar-refractivity contribution in [1.82, 2.24) is 9.88 Å². The van der Waals surface area contributed by atoms with Gasteiger partial charge in [-0.3, -0.25) is 0 Å². The van der Waals surface area contributed by atoms with E-state index in [4.69, 9.17) is 0 Å². The summed E-state index contributed by atoms with van der Waals surface area (Å²) in [6.07, 6.45) is 3.08. The summed E-state index contributed by atoms with van der Waals surface area (Å²) in [6, 6.07) is 8.69. The molecule has 0 saturated carbocycles. The van der Waals surface area contributed by atoms with Crippen LogP contribution in [0.25, 0.3) is 10.9 Å². The number of hydrogen-bond donors (Lipinski definition) is 1. The maximum absolute atomic E-state index is 3.40. The van der Waals surface area contributed by atoms with E-state index >= 15 is 0 Å². The standard InChI is InChI=1S/C16H20N2/c1-3-5-6-11-18-12-10-14-8-7-9-15(16(14)18)13-17-4-2/h7-10,12,17H,4,6,11,13H2,1-2H3. The van der Waals surface area contributed by atoms with E-state index in [1.54, 1.807) is 0 Å². The number of nitrogens with zero attached hydrogens (tertiary/aromatic N) is 1. The molecule has 0 atom stereocenters. The topological polar surface area (TPSA) is 17.0 Å². The number of benzene rings is 1. The minimum absolute atomic E-state index is 0.913. The van der Waals surface area contributed by atoms with E-state index in [0.717, 1.165) is 26.1 Å². The third kappa shape index (κ3) is 2.75. The highest BCUT2D eigenvalue weighted by atomic mass is 15.0. The van der Waals surface area contributed by atoms with Crippen LogP contribution in [0.3, 0.4) is 0 Å². The lowest BCUT2D eigenvalue weighted by atomic mass is 10.1. The average molecular weight is 240 g/mol. The molecular weight excluding hydrogens is 220 g/mol. The number of aryl methyl sites for hydroxylation is 1. The molecular formula is C16H20N2. The first-order chi connectivity index (χ1) is 8.86. The van der Waals surface area contributed by atoms with E-state index in [0.29, 0.717) is 0 Å². The second kappa shape index (κ2) is 6.28. The van der Waals surface area contributed by atoms with Gasteiger partial charge >= 0.3 is 0 Å². The molecule has 0 saturated heterocycles. The molecule has 2 nitrogen and oxygen atoms in total. The van der Waals surface area contributed by atoms with E-state index in [1.165, 1.54) is 16.5 Å². The summed E-state index contributed by atoms with van der Waals surface area (Å²) in [5.74, 6) is 6.08. The molecule has 94 valence electrons. The van der Waals surface area contributed by atoms with Gasteiger partial charge in [0.05, 0.1) is 5.52 Å². The molecule has 0 aliphatic carbocycles. The van der Waals surface area contributed by atoms with Crippen LogP contribution in [0.5, 0.6) is 0 Å². The third-order valence-electron chi connectivity index (χ3n) is 3.09. The summed E-state index contributed by atoms with van der Waals surface area (Å²) < 4.78 is 2.31. The molecule has 2 aromatic rings. The van der Waals surface area contributed by atoms with Gasteiger partial charge in [-0.25, -0.2) is 0 Å². The Balaban J connectivity index is 2.31. The molecule has 18 heavy (non-hydrogen) atoms. The molecule has 0 amide bonds. The molecule has 2 rings (SSSR count). The molecule has 1 aromatic carbocycles. The minimum atomic E-state index is 0.913. The van der Waals surface area contributed by atoms with Gasteiger partial charge in [-0.2, -0.15) is 0 Å². The van der Waals surface area contributed by atoms with Gasteiger partial charge in [0.1, 0.15) is 0 Å². The molecule has 0 bridgehead atoms. The Morgan fingerprint density at radius 1 is 1.28 bits per heavy atom. The number of hydrogen-bond acceptors (Lipinski definition) is 1. The van der Waals surface area contributed by atoms with E-state index in [2.05, 4.69) is 59.1 Å². The number of aromatic nitrogens is 1. The Morgan fingerprint density at radius 3 is 2.94 bits per heavy atom. The average Bonchev–Trinajstić information content (AvgIpc) is 2.81. The first kappa shape index (κ1) is 12.7. The number of para-hydroxylation sites is 1. The number of nitrogens with one attached hydrogen (secondary N) is 1. The van der Waals surface area contributed by atoms with E-state index in [9.17, 15) is 0 Å². The van der Waals surface area contributed by atoms with E-state index in [-0.39, 0.29) is 0 Å². The highest BCUT2D eigenvalue weighted by Crippen LogP contribution is 2.20. The Hall–Kier alpha value is -1.72. The van der Waals surface area contributed by atoms with Gasteiger partial charge in [-0.15, -0.1) is 11.8 Å². The highest BCUT2D eigenvalue weighted by Gasteiger charge is 2.05. The lowest BCUT2D eigenvalue weighted by Gasteiger charge is -2.09. The summed E-state index contributed by atoms with van der Waals surface area (Å²) in [5, 5.41) is 4.71. The smallest absolute Gasteiger partial charge is 0.0526 e. The molecule has 0 radical (unpaired) electrons. The summed E-state index contributed by atoms with van der Waals surface area (Å²) in [7, 11) is 0. The van der Waals surface area contributed by atoms with Crippen LogP contribution in [0.1, 0.15) is 25.8 Å².